The Hall–Kier alpha value is -2.96. The molecule has 2 heterocycles. The van der Waals surface area contributed by atoms with Gasteiger partial charge >= 0.3 is 6.03 Å². The maximum Gasteiger partial charge on any atom is 0.328 e. The van der Waals surface area contributed by atoms with E-state index in [4.69, 9.17) is 0 Å². The van der Waals surface area contributed by atoms with Gasteiger partial charge in [-0.3, -0.25) is 25.3 Å². The number of hydrogen-bond acceptors (Lipinski definition) is 4. The average Bonchev–Trinajstić information content (AvgIpc) is 2.98. The van der Waals surface area contributed by atoms with Crippen LogP contribution in [0.2, 0.25) is 0 Å². The van der Waals surface area contributed by atoms with Crippen molar-refractivity contribution in [1.29, 1.82) is 0 Å². The molecule has 0 radical (unpaired) electrons. The lowest BCUT2D eigenvalue weighted by atomic mass is 9.76. The van der Waals surface area contributed by atoms with Crippen molar-refractivity contribution in [3.63, 3.8) is 0 Å². The molecule has 0 aliphatic carbocycles. The summed E-state index contributed by atoms with van der Waals surface area (Å²) in [6, 6.07) is 9.85. The Kier molecular flexibility index (Phi) is 3.02. The molecule has 7 nitrogen and oxygen atoms in total. The zero-order chi connectivity index (χ0) is 14.9. The first-order chi connectivity index (χ1) is 10.1. The number of hydrogen-bond donors (Lipinski definition) is 3. The van der Waals surface area contributed by atoms with Gasteiger partial charge in [-0.25, -0.2) is 4.79 Å². The van der Waals surface area contributed by atoms with Crippen LogP contribution in [0.1, 0.15) is 11.3 Å². The molecule has 3 rings (SSSR count). The van der Waals surface area contributed by atoms with E-state index in [0.717, 1.165) is 5.56 Å². The number of nitrogens with one attached hydrogen (secondary N) is 3. The average molecular weight is 284 g/mol. The molecular weight excluding hydrogens is 272 g/mol. The molecule has 0 spiro atoms. The fraction of sp³-hybridized carbons (Fsp3) is 0.143. The largest absolute Gasteiger partial charge is 0.328 e. The SMILES string of the molecule is O=C1NC(=O)C(Cc2ccccc2)(c2ccn[nH]2)C(=O)N1. The van der Waals surface area contributed by atoms with Crippen LogP contribution in [0, 0.1) is 0 Å². The van der Waals surface area contributed by atoms with Crippen molar-refractivity contribution in [3.8, 4) is 0 Å². The number of urea groups is 1. The number of imide groups is 2. The van der Waals surface area contributed by atoms with Crippen LogP contribution in [0.3, 0.4) is 0 Å². The third kappa shape index (κ3) is 2.08. The Balaban J connectivity index is 2.10. The predicted molar refractivity (Wildman–Crippen MR) is 72.1 cm³/mol. The molecule has 106 valence electrons. The van der Waals surface area contributed by atoms with Gasteiger partial charge in [0, 0.05) is 12.6 Å². The summed E-state index contributed by atoms with van der Waals surface area (Å²) in [6.07, 6.45) is 1.58. The van der Waals surface area contributed by atoms with E-state index in [1.807, 2.05) is 30.3 Å². The molecule has 1 aromatic heterocycles. The summed E-state index contributed by atoms with van der Waals surface area (Å²) < 4.78 is 0. The highest BCUT2D eigenvalue weighted by atomic mass is 16.2. The monoisotopic (exact) mass is 284 g/mol. The molecule has 7 heteroatoms. The van der Waals surface area contributed by atoms with E-state index in [9.17, 15) is 14.4 Å². The van der Waals surface area contributed by atoms with E-state index in [1.165, 1.54) is 6.20 Å². The second-order valence-electron chi connectivity index (χ2n) is 4.78. The minimum atomic E-state index is -1.54. The highest BCUT2D eigenvalue weighted by molar-refractivity contribution is 6.22. The third-order valence-electron chi connectivity index (χ3n) is 3.50. The number of aromatic nitrogens is 2. The van der Waals surface area contributed by atoms with Crippen LogP contribution in [0.4, 0.5) is 4.79 Å². The number of benzene rings is 1. The molecule has 1 aliphatic heterocycles. The summed E-state index contributed by atoms with van der Waals surface area (Å²) in [5.41, 5.74) is -0.397. The van der Waals surface area contributed by atoms with Gasteiger partial charge in [0.2, 0.25) is 11.8 Å². The van der Waals surface area contributed by atoms with Crippen LogP contribution in [0.25, 0.3) is 0 Å². The number of carbonyl (C=O) groups excluding carboxylic acids is 3. The smallest absolute Gasteiger partial charge is 0.281 e. The number of nitrogens with zero attached hydrogens (tertiary/aromatic N) is 1. The summed E-state index contributed by atoms with van der Waals surface area (Å²) >= 11 is 0. The number of amides is 4. The van der Waals surface area contributed by atoms with E-state index in [0.29, 0.717) is 5.69 Å². The molecule has 1 aliphatic rings. The Labute approximate surface area is 119 Å². The van der Waals surface area contributed by atoms with Gasteiger partial charge < -0.3 is 0 Å². The second-order valence-corrected chi connectivity index (χ2v) is 4.78. The van der Waals surface area contributed by atoms with Gasteiger partial charge in [0.1, 0.15) is 0 Å². The Morgan fingerprint density at radius 1 is 0.952 bits per heavy atom. The summed E-state index contributed by atoms with van der Waals surface area (Å²) in [5.74, 6) is -1.33. The molecule has 3 N–H and O–H groups in total. The first kappa shape index (κ1) is 13.0. The van der Waals surface area contributed by atoms with Gasteiger partial charge in [0.25, 0.3) is 0 Å². The Morgan fingerprint density at radius 2 is 1.62 bits per heavy atom. The highest BCUT2D eigenvalue weighted by Gasteiger charge is 2.52. The topological polar surface area (TPSA) is 104 Å². The minimum Gasteiger partial charge on any atom is -0.281 e. The zero-order valence-electron chi connectivity index (χ0n) is 10.9. The second kappa shape index (κ2) is 4.86. The van der Waals surface area contributed by atoms with Crippen molar-refractivity contribution < 1.29 is 14.4 Å². The van der Waals surface area contributed by atoms with E-state index >= 15 is 0 Å². The van der Waals surface area contributed by atoms with Gasteiger partial charge in [-0.15, -0.1) is 0 Å². The maximum atomic E-state index is 12.4. The third-order valence-corrected chi connectivity index (χ3v) is 3.50. The van der Waals surface area contributed by atoms with Crippen LogP contribution >= 0.6 is 0 Å². The fourth-order valence-electron chi connectivity index (χ4n) is 2.45. The van der Waals surface area contributed by atoms with Crippen molar-refractivity contribution in [3.05, 3.63) is 53.9 Å². The molecular formula is C14H12N4O3. The van der Waals surface area contributed by atoms with Gasteiger partial charge in [0.15, 0.2) is 5.41 Å². The summed E-state index contributed by atoms with van der Waals surface area (Å²) in [6.45, 7) is 0. The van der Waals surface area contributed by atoms with Crippen molar-refractivity contribution in [2.45, 2.75) is 11.8 Å². The molecule has 1 saturated heterocycles. The van der Waals surface area contributed by atoms with Crippen molar-refractivity contribution in [2.75, 3.05) is 0 Å². The summed E-state index contributed by atoms with van der Waals surface area (Å²) in [5, 5.41) is 10.8. The zero-order valence-corrected chi connectivity index (χ0v) is 10.9. The van der Waals surface area contributed by atoms with E-state index in [2.05, 4.69) is 20.8 Å². The van der Waals surface area contributed by atoms with Crippen LogP contribution < -0.4 is 10.6 Å². The lowest BCUT2D eigenvalue weighted by molar-refractivity contribution is -0.138. The highest BCUT2D eigenvalue weighted by Crippen LogP contribution is 2.29. The first-order valence-electron chi connectivity index (χ1n) is 6.33. The molecule has 0 saturated carbocycles. The Morgan fingerprint density at radius 3 is 2.19 bits per heavy atom. The predicted octanol–water partition coefficient (Wildman–Crippen LogP) is 0.256. The molecule has 0 atom stereocenters. The number of aromatic amines is 1. The molecule has 0 unspecified atom stereocenters. The molecule has 1 aromatic carbocycles. The van der Waals surface area contributed by atoms with Crippen molar-refractivity contribution in [2.24, 2.45) is 0 Å². The van der Waals surface area contributed by atoms with E-state index < -0.39 is 23.3 Å². The van der Waals surface area contributed by atoms with Crippen LogP contribution in [-0.4, -0.2) is 28.0 Å². The number of carbonyl (C=O) groups is 3. The number of rotatable bonds is 3. The van der Waals surface area contributed by atoms with Crippen molar-refractivity contribution in [1.82, 2.24) is 20.8 Å². The standard InChI is InChI=1S/C14H12N4O3/c19-11-14(10-6-7-15-18-10,12(20)17-13(21)16-11)8-9-4-2-1-3-5-9/h1-7H,8H2,(H,15,18)(H2,16,17,19,20,21). The van der Waals surface area contributed by atoms with Crippen molar-refractivity contribution >= 4 is 17.8 Å². The molecule has 2 aromatic rings. The van der Waals surface area contributed by atoms with Gasteiger partial charge in [-0.2, -0.15) is 5.10 Å². The number of H-pyrrole nitrogens is 1. The van der Waals surface area contributed by atoms with Gasteiger partial charge in [0.05, 0.1) is 5.69 Å². The van der Waals surface area contributed by atoms with Gasteiger partial charge in [-0.05, 0) is 11.6 Å². The molecule has 21 heavy (non-hydrogen) atoms. The molecule has 4 amide bonds. The minimum absolute atomic E-state index is 0.126. The summed E-state index contributed by atoms with van der Waals surface area (Å²) in [7, 11) is 0. The summed E-state index contributed by atoms with van der Waals surface area (Å²) in [4.78, 5) is 36.1. The lowest BCUT2D eigenvalue weighted by Gasteiger charge is -2.33. The lowest BCUT2D eigenvalue weighted by Crippen LogP contribution is -2.65. The molecule has 0 bridgehead atoms. The fourth-order valence-corrected chi connectivity index (χ4v) is 2.45. The maximum absolute atomic E-state index is 12.4. The van der Waals surface area contributed by atoms with E-state index in [1.54, 1.807) is 6.07 Å². The Bertz CT molecular complexity index is 674. The van der Waals surface area contributed by atoms with Crippen LogP contribution in [0.5, 0.6) is 0 Å². The van der Waals surface area contributed by atoms with Crippen LogP contribution in [-0.2, 0) is 21.4 Å². The van der Waals surface area contributed by atoms with Gasteiger partial charge in [-0.1, -0.05) is 30.3 Å². The van der Waals surface area contributed by atoms with E-state index in [-0.39, 0.29) is 6.42 Å². The number of barbiturate groups is 1. The molecule has 1 fully saturated rings. The normalized spacial score (nSPS) is 17.2. The first-order valence-corrected chi connectivity index (χ1v) is 6.33. The quantitative estimate of drug-likeness (QED) is 0.703. The van der Waals surface area contributed by atoms with Crippen LogP contribution in [0.15, 0.2) is 42.6 Å².